The van der Waals surface area contributed by atoms with Crippen LogP contribution in [0, 0.1) is 19.7 Å². The molecular weight excluding hydrogens is 443 g/mol. The molecule has 0 aliphatic heterocycles. The molecule has 0 saturated heterocycles. The maximum atomic E-state index is 14.6. The summed E-state index contributed by atoms with van der Waals surface area (Å²) in [5.41, 5.74) is 3.43. The molecular formula is C29H33FN2O3. The van der Waals surface area contributed by atoms with Gasteiger partial charge in [0, 0.05) is 25.1 Å². The van der Waals surface area contributed by atoms with Crippen LogP contribution in [0.3, 0.4) is 0 Å². The Kier molecular flexibility index (Phi) is 9.41. The van der Waals surface area contributed by atoms with Crippen molar-refractivity contribution in [2.45, 2.75) is 46.2 Å². The van der Waals surface area contributed by atoms with Gasteiger partial charge in [-0.05, 0) is 55.2 Å². The first-order valence-electron chi connectivity index (χ1n) is 11.9. The number of carbonyl (C=O) groups is 2. The summed E-state index contributed by atoms with van der Waals surface area (Å²) in [6, 6.07) is 20.6. The Morgan fingerprint density at radius 1 is 0.971 bits per heavy atom. The Bertz CT molecular complexity index is 1130. The largest absolute Gasteiger partial charge is 0.484 e. The number of nitrogens with zero attached hydrogens (tertiary/aromatic N) is 1. The first-order valence-corrected chi connectivity index (χ1v) is 11.9. The molecule has 0 aromatic heterocycles. The van der Waals surface area contributed by atoms with Crippen molar-refractivity contribution < 1.29 is 18.7 Å². The van der Waals surface area contributed by atoms with Crippen LogP contribution in [0.25, 0.3) is 0 Å². The molecule has 0 bridgehead atoms. The fourth-order valence-electron chi connectivity index (χ4n) is 3.76. The Balaban J connectivity index is 1.90. The topological polar surface area (TPSA) is 58.6 Å². The van der Waals surface area contributed by atoms with Crippen molar-refractivity contribution in [1.29, 1.82) is 0 Å². The average Bonchev–Trinajstić information content (AvgIpc) is 2.86. The van der Waals surface area contributed by atoms with Gasteiger partial charge in [0.1, 0.15) is 17.6 Å². The van der Waals surface area contributed by atoms with E-state index in [1.807, 2.05) is 69.3 Å². The van der Waals surface area contributed by atoms with Crippen LogP contribution < -0.4 is 10.1 Å². The zero-order valence-corrected chi connectivity index (χ0v) is 20.6. The van der Waals surface area contributed by atoms with Gasteiger partial charge in [-0.2, -0.15) is 0 Å². The summed E-state index contributed by atoms with van der Waals surface area (Å²) >= 11 is 0. The summed E-state index contributed by atoms with van der Waals surface area (Å²) in [6.07, 6.45) is 1.07. The highest BCUT2D eigenvalue weighted by atomic mass is 19.1. The van der Waals surface area contributed by atoms with Gasteiger partial charge >= 0.3 is 0 Å². The molecule has 3 rings (SSSR count). The van der Waals surface area contributed by atoms with Crippen molar-refractivity contribution in [3.63, 3.8) is 0 Å². The minimum atomic E-state index is -0.820. The van der Waals surface area contributed by atoms with E-state index in [1.54, 1.807) is 18.2 Å². The number of aryl methyl sites for hydroxylation is 2. The molecule has 3 aromatic carbocycles. The van der Waals surface area contributed by atoms with Crippen LogP contribution in [0.2, 0.25) is 0 Å². The number of ether oxygens (including phenoxy) is 1. The molecule has 0 aliphatic carbocycles. The molecule has 1 atom stereocenters. The number of halogens is 1. The van der Waals surface area contributed by atoms with Gasteiger partial charge in [0.25, 0.3) is 5.91 Å². The number of rotatable bonds is 11. The molecule has 0 saturated carbocycles. The monoisotopic (exact) mass is 476 g/mol. The van der Waals surface area contributed by atoms with E-state index < -0.39 is 11.9 Å². The van der Waals surface area contributed by atoms with Crippen molar-refractivity contribution in [2.24, 2.45) is 0 Å². The van der Waals surface area contributed by atoms with Crippen molar-refractivity contribution >= 4 is 11.8 Å². The third kappa shape index (κ3) is 7.41. The van der Waals surface area contributed by atoms with Crippen LogP contribution >= 0.6 is 0 Å². The quantitative estimate of drug-likeness (QED) is 0.424. The van der Waals surface area contributed by atoms with Crippen molar-refractivity contribution in [1.82, 2.24) is 10.2 Å². The van der Waals surface area contributed by atoms with E-state index in [0.717, 1.165) is 23.1 Å². The van der Waals surface area contributed by atoms with E-state index >= 15 is 0 Å². The second kappa shape index (κ2) is 12.7. The van der Waals surface area contributed by atoms with Crippen molar-refractivity contribution in [2.75, 3.05) is 13.2 Å². The highest BCUT2D eigenvalue weighted by molar-refractivity contribution is 5.88. The highest BCUT2D eigenvalue weighted by Crippen LogP contribution is 2.19. The zero-order valence-electron chi connectivity index (χ0n) is 20.6. The Morgan fingerprint density at radius 3 is 2.37 bits per heavy atom. The van der Waals surface area contributed by atoms with E-state index in [4.69, 9.17) is 4.74 Å². The highest BCUT2D eigenvalue weighted by Gasteiger charge is 2.31. The van der Waals surface area contributed by atoms with Crippen LogP contribution in [0.1, 0.15) is 35.6 Å². The summed E-state index contributed by atoms with van der Waals surface area (Å²) in [7, 11) is 0. The number of hydrogen-bond acceptors (Lipinski definition) is 3. The van der Waals surface area contributed by atoms with Gasteiger partial charge in [-0.3, -0.25) is 9.59 Å². The minimum absolute atomic E-state index is 0.0428. The van der Waals surface area contributed by atoms with E-state index in [9.17, 15) is 14.0 Å². The van der Waals surface area contributed by atoms with Gasteiger partial charge in [-0.1, -0.05) is 61.5 Å². The predicted octanol–water partition coefficient (Wildman–Crippen LogP) is 4.99. The second-order valence-electron chi connectivity index (χ2n) is 8.64. The molecule has 0 heterocycles. The Hall–Kier alpha value is -3.67. The first-order chi connectivity index (χ1) is 16.9. The normalized spacial score (nSPS) is 11.5. The standard InChI is InChI=1S/C29H33FN2O3/c1-4-16-31-29(34)27(18-23-10-6-5-7-11-23)32(19-24-12-8-9-13-26(24)30)28(33)20-35-25-15-14-21(2)22(3)17-25/h5-15,17,27H,4,16,18-20H2,1-3H3,(H,31,34)/t27-/m1/s1. The summed E-state index contributed by atoms with van der Waals surface area (Å²) in [5.74, 6) is -0.513. The molecule has 3 aromatic rings. The third-order valence-corrected chi connectivity index (χ3v) is 5.96. The fourth-order valence-corrected chi connectivity index (χ4v) is 3.76. The van der Waals surface area contributed by atoms with Gasteiger partial charge in [-0.15, -0.1) is 0 Å². The summed E-state index contributed by atoms with van der Waals surface area (Å²) in [4.78, 5) is 28.2. The SMILES string of the molecule is CCCNC(=O)[C@@H](Cc1ccccc1)N(Cc1ccccc1F)C(=O)COc1ccc(C)c(C)c1. The van der Waals surface area contributed by atoms with Crippen molar-refractivity contribution in [3.05, 3.63) is 101 Å². The predicted molar refractivity (Wildman–Crippen MR) is 136 cm³/mol. The van der Waals surface area contributed by atoms with Crippen LogP contribution in [-0.2, 0) is 22.6 Å². The van der Waals surface area contributed by atoms with E-state index in [1.165, 1.54) is 11.0 Å². The van der Waals surface area contributed by atoms with Crippen molar-refractivity contribution in [3.8, 4) is 5.75 Å². The summed E-state index contributed by atoms with van der Waals surface area (Å²) < 4.78 is 20.4. The number of hydrogen-bond donors (Lipinski definition) is 1. The van der Waals surface area contributed by atoms with Gasteiger partial charge in [0.15, 0.2) is 6.61 Å². The van der Waals surface area contributed by atoms with E-state index in [2.05, 4.69) is 5.32 Å². The lowest BCUT2D eigenvalue weighted by Gasteiger charge is -2.31. The molecule has 2 amide bonds. The lowest BCUT2D eigenvalue weighted by Crippen LogP contribution is -2.52. The molecule has 0 radical (unpaired) electrons. The maximum absolute atomic E-state index is 14.6. The molecule has 0 unspecified atom stereocenters. The first kappa shape index (κ1) is 25.9. The van der Waals surface area contributed by atoms with Gasteiger partial charge < -0.3 is 15.0 Å². The molecule has 0 spiro atoms. The molecule has 0 fully saturated rings. The van der Waals surface area contributed by atoms with Crippen LogP contribution in [0.5, 0.6) is 5.75 Å². The molecule has 6 heteroatoms. The van der Waals surface area contributed by atoms with Crippen LogP contribution in [-0.4, -0.2) is 35.9 Å². The Morgan fingerprint density at radius 2 is 1.69 bits per heavy atom. The van der Waals surface area contributed by atoms with Gasteiger partial charge in [-0.25, -0.2) is 4.39 Å². The summed E-state index contributed by atoms with van der Waals surface area (Å²) in [6.45, 7) is 6.13. The second-order valence-corrected chi connectivity index (χ2v) is 8.64. The fraction of sp³-hybridized carbons (Fsp3) is 0.310. The van der Waals surface area contributed by atoms with E-state index in [0.29, 0.717) is 24.3 Å². The lowest BCUT2D eigenvalue weighted by atomic mass is 10.0. The van der Waals surface area contributed by atoms with Gasteiger partial charge in [0.05, 0.1) is 0 Å². The molecule has 184 valence electrons. The minimum Gasteiger partial charge on any atom is -0.484 e. The van der Waals surface area contributed by atoms with Crippen LogP contribution in [0.15, 0.2) is 72.8 Å². The molecule has 0 aliphatic rings. The van der Waals surface area contributed by atoms with Gasteiger partial charge in [0.2, 0.25) is 5.91 Å². The zero-order chi connectivity index (χ0) is 25.2. The molecule has 1 N–H and O–H groups in total. The number of carbonyl (C=O) groups excluding carboxylic acids is 2. The average molecular weight is 477 g/mol. The molecule has 5 nitrogen and oxygen atoms in total. The number of amides is 2. The number of nitrogens with one attached hydrogen (secondary N) is 1. The maximum Gasteiger partial charge on any atom is 0.261 e. The third-order valence-electron chi connectivity index (χ3n) is 5.96. The summed E-state index contributed by atoms with van der Waals surface area (Å²) in [5, 5.41) is 2.91. The smallest absolute Gasteiger partial charge is 0.261 e. The Labute approximate surface area is 206 Å². The lowest BCUT2D eigenvalue weighted by molar-refractivity contribution is -0.142. The van der Waals surface area contributed by atoms with E-state index in [-0.39, 0.29) is 25.0 Å². The van der Waals surface area contributed by atoms with Crippen LogP contribution in [0.4, 0.5) is 4.39 Å². The molecule has 35 heavy (non-hydrogen) atoms. The number of benzene rings is 3.